The van der Waals surface area contributed by atoms with Gasteiger partial charge in [0, 0.05) is 30.5 Å². The third-order valence-corrected chi connectivity index (χ3v) is 5.19. The number of carbonyl (C=O) groups excluding carboxylic acids is 2. The minimum absolute atomic E-state index is 0.137. The minimum atomic E-state index is -0.137. The van der Waals surface area contributed by atoms with Gasteiger partial charge < -0.3 is 14.8 Å². The second-order valence-corrected chi connectivity index (χ2v) is 7.36. The van der Waals surface area contributed by atoms with E-state index in [1.165, 1.54) is 4.90 Å². The summed E-state index contributed by atoms with van der Waals surface area (Å²) < 4.78 is 11.2. The van der Waals surface area contributed by atoms with Crippen LogP contribution in [-0.2, 0) is 16.1 Å². The molecule has 2 amide bonds. The Kier molecular flexibility index (Phi) is 7.12. The van der Waals surface area contributed by atoms with Crippen molar-refractivity contribution in [3.63, 3.8) is 0 Å². The van der Waals surface area contributed by atoms with E-state index in [4.69, 9.17) is 21.1 Å². The molecule has 0 radical (unpaired) electrons. The Morgan fingerprint density at radius 2 is 1.76 bits per heavy atom. The molecule has 2 aromatic carbocycles. The first-order chi connectivity index (χ1) is 14.0. The van der Waals surface area contributed by atoms with Gasteiger partial charge in [-0.05, 0) is 42.3 Å². The van der Waals surface area contributed by atoms with Crippen LogP contribution in [0.4, 0.5) is 0 Å². The second kappa shape index (κ2) is 9.76. The van der Waals surface area contributed by atoms with Crippen LogP contribution >= 0.6 is 11.6 Å². The predicted molar refractivity (Wildman–Crippen MR) is 111 cm³/mol. The monoisotopic (exact) mass is 416 g/mol. The summed E-state index contributed by atoms with van der Waals surface area (Å²) in [6.07, 6.45) is 0.580. The van der Waals surface area contributed by atoms with Crippen LogP contribution in [0.5, 0.6) is 11.5 Å². The van der Waals surface area contributed by atoms with Gasteiger partial charge in [-0.2, -0.15) is 0 Å². The zero-order valence-electron chi connectivity index (χ0n) is 16.6. The highest BCUT2D eigenvalue weighted by Gasteiger charge is 2.28. The fourth-order valence-corrected chi connectivity index (χ4v) is 3.33. The van der Waals surface area contributed by atoms with Gasteiger partial charge in [0.15, 0.2) is 11.5 Å². The maximum Gasteiger partial charge on any atom is 0.229 e. The number of hydrogen-bond donors (Lipinski definition) is 1. The number of carbonyl (C=O) groups is 2. The summed E-state index contributed by atoms with van der Waals surface area (Å²) in [6, 6.07) is 13.7. The standard InChI is InChI=1S/C22H25ClN2O4/c1-15(17-4-6-18(23)7-5-17)24-14-16-3-8-19(20(13-16)28-2)29-12-11-25-21(26)9-10-22(25)27/h3-8,13,15,24H,9-12,14H2,1-2H3/t15-/m1/s1. The number of nitrogens with zero attached hydrogens (tertiary/aromatic N) is 1. The molecule has 154 valence electrons. The molecular weight excluding hydrogens is 392 g/mol. The molecule has 1 N–H and O–H groups in total. The summed E-state index contributed by atoms with van der Waals surface area (Å²) in [5, 5.41) is 4.20. The highest BCUT2D eigenvalue weighted by Crippen LogP contribution is 2.28. The van der Waals surface area contributed by atoms with E-state index in [1.807, 2.05) is 42.5 Å². The molecule has 2 aromatic rings. The van der Waals surface area contributed by atoms with Crippen LogP contribution in [0, 0.1) is 0 Å². The normalized spacial score (nSPS) is 14.9. The van der Waals surface area contributed by atoms with Gasteiger partial charge in [0.1, 0.15) is 6.61 Å². The Labute approximate surface area is 175 Å². The van der Waals surface area contributed by atoms with Gasteiger partial charge in [-0.3, -0.25) is 14.5 Å². The van der Waals surface area contributed by atoms with Crippen LogP contribution in [-0.4, -0.2) is 37.0 Å². The molecule has 7 heteroatoms. The lowest BCUT2D eigenvalue weighted by atomic mass is 10.1. The zero-order valence-corrected chi connectivity index (χ0v) is 17.4. The molecule has 29 heavy (non-hydrogen) atoms. The molecule has 1 aliphatic heterocycles. The SMILES string of the molecule is COc1cc(CN[C@H](C)c2ccc(Cl)cc2)ccc1OCCN1C(=O)CCC1=O. The molecule has 1 aliphatic rings. The number of imide groups is 1. The Balaban J connectivity index is 1.54. The average Bonchev–Trinajstić information content (AvgIpc) is 3.05. The van der Waals surface area contributed by atoms with Crippen molar-refractivity contribution in [2.45, 2.75) is 32.4 Å². The van der Waals surface area contributed by atoms with Gasteiger partial charge in [0.05, 0.1) is 13.7 Å². The quantitative estimate of drug-likeness (QED) is 0.631. The number of hydrogen-bond acceptors (Lipinski definition) is 5. The Bertz CT molecular complexity index is 854. The van der Waals surface area contributed by atoms with Crippen molar-refractivity contribution in [3.05, 3.63) is 58.6 Å². The molecule has 0 spiro atoms. The highest BCUT2D eigenvalue weighted by molar-refractivity contribution is 6.30. The van der Waals surface area contributed by atoms with Gasteiger partial charge in [-0.25, -0.2) is 0 Å². The molecule has 0 bridgehead atoms. The Hall–Kier alpha value is -2.57. The number of ether oxygens (including phenoxy) is 2. The maximum atomic E-state index is 11.7. The molecule has 0 aromatic heterocycles. The number of amides is 2. The summed E-state index contributed by atoms with van der Waals surface area (Å²) in [6.45, 7) is 3.25. The number of likely N-dealkylation sites (tertiary alicyclic amines) is 1. The van der Waals surface area contributed by atoms with Crippen molar-refractivity contribution in [1.29, 1.82) is 0 Å². The van der Waals surface area contributed by atoms with E-state index in [9.17, 15) is 9.59 Å². The first-order valence-corrected chi connectivity index (χ1v) is 9.97. The van der Waals surface area contributed by atoms with Gasteiger partial charge >= 0.3 is 0 Å². The number of halogens is 1. The summed E-state index contributed by atoms with van der Waals surface area (Å²) in [5.74, 6) is 0.923. The van der Waals surface area contributed by atoms with Crippen molar-refractivity contribution in [1.82, 2.24) is 10.2 Å². The minimum Gasteiger partial charge on any atom is -0.493 e. The van der Waals surface area contributed by atoms with Crippen molar-refractivity contribution < 1.29 is 19.1 Å². The topological polar surface area (TPSA) is 67.9 Å². The van der Waals surface area contributed by atoms with E-state index in [-0.39, 0.29) is 43.8 Å². The van der Waals surface area contributed by atoms with Crippen LogP contribution < -0.4 is 14.8 Å². The van der Waals surface area contributed by atoms with E-state index >= 15 is 0 Å². The van der Waals surface area contributed by atoms with Crippen molar-refractivity contribution in [3.8, 4) is 11.5 Å². The highest BCUT2D eigenvalue weighted by atomic mass is 35.5. The number of methoxy groups -OCH3 is 1. The average molecular weight is 417 g/mol. The first kappa shape index (κ1) is 21.1. The third kappa shape index (κ3) is 5.49. The van der Waals surface area contributed by atoms with Crippen LogP contribution in [0.15, 0.2) is 42.5 Å². The van der Waals surface area contributed by atoms with Gasteiger partial charge in [0.2, 0.25) is 11.8 Å². The number of nitrogens with one attached hydrogen (secondary N) is 1. The lowest BCUT2D eigenvalue weighted by Crippen LogP contribution is -2.33. The van der Waals surface area contributed by atoms with Gasteiger partial charge in [-0.15, -0.1) is 0 Å². The van der Waals surface area contributed by atoms with Gasteiger partial charge in [0.25, 0.3) is 0 Å². The lowest BCUT2D eigenvalue weighted by Gasteiger charge is -2.17. The summed E-state index contributed by atoms with van der Waals surface area (Å²) in [5.41, 5.74) is 2.22. The van der Waals surface area contributed by atoms with Gasteiger partial charge in [-0.1, -0.05) is 29.8 Å². The van der Waals surface area contributed by atoms with Crippen molar-refractivity contribution >= 4 is 23.4 Å². The molecule has 3 rings (SSSR count). The van der Waals surface area contributed by atoms with E-state index in [1.54, 1.807) is 7.11 Å². The summed E-state index contributed by atoms with van der Waals surface area (Å²) in [7, 11) is 1.59. The molecule has 1 saturated heterocycles. The van der Waals surface area contributed by atoms with E-state index < -0.39 is 0 Å². The summed E-state index contributed by atoms with van der Waals surface area (Å²) in [4.78, 5) is 24.6. The van der Waals surface area contributed by atoms with Crippen molar-refractivity contribution in [2.24, 2.45) is 0 Å². The van der Waals surface area contributed by atoms with Crippen LogP contribution in [0.25, 0.3) is 0 Å². The fourth-order valence-electron chi connectivity index (χ4n) is 3.20. The van der Waals surface area contributed by atoms with Crippen LogP contribution in [0.1, 0.15) is 36.9 Å². The molecular formula is C22H25ClN2O4. The smallest absolute Gasteiger partial charge is 0.229 e. The Morgan fingerprint density at radius 1 is 1.07 bits per heavy atom. The first-order valence-electron chi connectivity index (χ1n) is 9.59. The third-order valence-electron chi connectivity index (χ3n) is 4.94. The molecule has 0 saturated carbocycles. The summed E-state index contributed by atoms with van der Waals surface area (Å²) >= 11 is 5.94. The molecule has 0 unspecified atom stereocenters. The molecule has 1 heterocycles. The Morgan fingerprint density at radius 3 is 2.41 bits per heavy atom. The molecule has 6 nitrogen and oxygen atoms in total. The maximum absolute atomic E-state index is 11.7. The van der Waals surface area contributed by atoms with E-state index in [0.29, 0.717) is 18.0 Å². The number of rotatable bonds is 9. The van der Waals surface area contributed by atoms with Crippen LogP contribution in [0.2, 0.25) is 5.02 Å². The van der Waals surface area contributed by atoms with E-state index in [2.05, 4.69) is 12.2 Å². The zero-order chi connectivity index (χ0) is 20.8. The largest absolute Gasteiger partial charge is 0.493 e. The van der Waals surface area contributed by atoms with E-state index in [0.717, 1.165) is 16.1 Å². The predicted octanol–water partition coefficient (Wildman–Crippen LogP) is 3.73. The number of benzene rings is 2. The molecule has 0 aliphatic carbocycles. The second-order valence-electron chi connectivity index (χ2n) is 6.93. The molecule has 1 fully saturated rings. The molecule has 1 atom stereocenters. The van der Waals surface area contributed by atoms with Crippen LogP contribution in [0.3, 0.4) is 0 Å². The lowest BCUT2D eigenvalue weighted by molar-refractivity contribution is -0.138. The van der Waals surface area contributed by atoms with Crippen molar-refractivity contribution in [2.75, 3.05) is 20.3 Å². The fraction of sp³-hybridized carbons (Fsp3) is 0.364.